The van der Waals surface area contributed by atoms with E-state index in [0.29, 0.717) is 0 Å². The third-order valence-electron chi connectivity index (χ3n) is 9.79. The Morgan fingerprint density at radius 3 is 1.64 bits per heavy atom. The monoisotopic (exact) mass is 589 g/mol. The van der Waals surface area contributed by atoms with Crippen molar-refractivity contribution in [3.05, 3.63) is 187 Å². The van der Waals surface area contributed by atoms with Gasteiger partial charge in [-0.3, -0.25) is 0 Å². The Labute approximate surface area is 264 Å². The van der Waals surface area contributed by atoms with Gasteiger partial charge in [0, 0.05) is 16.5 Å². The number of nitrogens with zero attached hydrogens (tertiary/aromatic N) is 1. The topological polar surface area (TPSA) is 4.93 Å². The van der Waals surface area contributed by atoms with Crippen molar-refractivity contribution in [1.29, 1.82) is 0 Å². The molecule has 0 N–H and O–H groups in total. The molecule has 0 bridgehead atoms. The van der Waals surface area contributed by atoms with Gasteiger partial charge in [0.05, 0.1) is 11.0 Å². The van der Waals surface area contributed by atoms with Crippen LogP contribution in [-0.4, -0.2) is 12.6 Å². The normalized spacial score (nSPS) is 12.4. The smallest absolute Gasteiger partial charge is 0.180 e. The highest BCUT2D eigenvalue weighted by Crippen LogP contribution is 2.36. The van der Waals surface area contributed by atoms with Crippen LogP contribution >= 0.6 is 0 Å². The van der Waals surface area contributed by atoms with E-state index in [1.807, 2.05) is 0 Å². The fourth-order valence-electron chi connectivity index (χ4n) is 7.93. The first kappa shape index (κ1) is 26.0. The molecule has 2 heteroatoms. The number of para-hydroxylation sites is 2. The SMILES string of the molecule is c1ccc([Si](c2ccccc2)(c2cccc(-n3c4ccccc4c4ccccc43)c2)c2cccc3c2Cc2ccccc2-3)cc1. The Balaban J connectivity index is 1.39. The summed E-state index contributed by atoms with van der Waals surface area (Å²) in [6.45, 7) is 0. The number of aromatic nitrogens is 1. The number of fused-ring (bicyclic) bond motifs is 6. The van der Waals surface area contributed by atoms with E-state index in [1.165, 1.54) is 70.5 Å². The Bertz CT molecular complexity index is 2260. The zero-order valence-corrected chi connectivity index (χ0v) is 25.9. The fourth-order valence-corrected chi connectivity index (χ4v) is 13.0. The molecule has 0 amide bonds. The van der Waals surface area contributed by atoms with Crippen LogP contribution in [0.2, 0.25) is 0 Å². The summed E-state index contributed by atoms with van der Waals surface area (Å²) in [6.07, 6.45) is 0.961. The van der Waals surface area contributed by atoms with E-state index in [1.54, 1.807) is 0 Å². The summed E-state index contributed by atoms with van der Waals surface area (Å²) in [5.74, 6) is 0. The molecule has 0 radical (unpaired) electrons. The zero-order valence-electron chi connectivity index (χ0n) is 24.9. The highest BCUT2D eigenvalue weighted by Gasteiger charge is 2.44. The predicted molar refractivity (Wildman–Crippen MR) is 193 cm³/mol. The maximum Gasteiger partial charge on any atom is 0.180 e. The average Bonchev–Trinajstić information content (AvgIpc) is 3.66. The van der Waals surface area contributed by atoms with Crippen molar-refractivity contribution in [2.24, 2.45) is 0 Å². The van der Waals surface area contributed by atoms with E-state index in [4.69, 9.17) is 0 Å². The van der Waals surface area contributed by atoms with Gasteiger partial charge in [0.2, 0.25) is 0 Å². The highest BCUT2D eigenvalue weighted by atomic mass is 28.3. The summed E-state index contributed by atoms with van der Waals surface area (Å²) < 4.78 is 2.45. The summed E-state index contributed by atoms with van der Waals surface area (Å²) >= 11 is 0. The standard InChI is InChI=1S/C43H31NSi/c1-3-17-33(18-4-1)45(34-19-5-2-6-20-34,43-28-14-25-37-36-22-8-7-15-31(36)29-40(37)43)35-21-13-16-32(30-35)44-41-26-11-9-23-38(41)39-24-10-12-27-42(39)44/h1-28,30H,29H2. The second kappa shape index (κ2) is 10.3. The lowest BCUT2D eigenvalue weighted by molar-refractivity contribution is 1.18. The molecular weight excluding hydrogens is 559 g/mol. The first-order valence-corrected chi connectivity index (χ1v) is 17.7. The lowest BCUT2D eigenvalue weighted by Gasteiger charge is -2.36. The van der Waals surface area contributed by atoms with Gasteiger partial charge in [-0.15, -0.1) is 0 Å². The Kier molecular flexibility index (Phi) is 5.97. The minimum absolute atomic E-state index is 0.961. The van der Waals surface area contributed by atoms with Crippen molar-refractivity contribution in [1.82, 2.24) is 4.57 Å². The van der Waals surface area contributed by atoms with Crippen LogP contribution in [0.1, 0.15) is 11.1 Å². The van der Waals surface area contributed by atoms with Crippen LogP contribution in [0.4, 0.5) is 0 Å². The van der Waals surface area contributed by atoms with E-state index >= 15 is 0 Å². The van der Waals surface area contributed by atoms with E-state index in [-0.39, 0.29) is 0 Å². The Morgan fingerprint density at radius 2 is 0.956 bits per heavy atom. The molecule has 0 atom stereocenters. The van der Waals surface area contributed by atoms with E-state index in [0.717, 1.165) is 6.42 Å². The van der Waals surface area contributed by atoms with Gasteiger partial charge in [0.15, 0.2) is 8.07 Å². The van der Waals surface area contributed by atoms with E-state index < -0.39 is 8.07 Å². The van der Waals surface area contributed by atoms with Gasteiger partial charge in [-0.05, 0) is 73.7 Å². The molecule has 0 aliphatic heterocycles. The largest absolute Gasteiger partial charge is 0.309 e. The average molecular weight is 590 g/mol. The number of benzene rings is 7. The summed E-state index contributed by atoms with van der Waals surface area (Å²) in [6, 6.07) is 65.7. The first-order chi connectivity index (χ1) is 22.3. The van der Waals surface area contributed by atoms with E-state index in [2.05, 4.69) is 180 Å². The molecular formula is C43H31NSi. The molecule has 1 aromatic heterocycles. The lowest BCUT2D eigenvalue weighted by atomic mass is 10.1. The molecule has 1 aliphatic carbocycles. The molecule has 0 unspecified atom stereocenters. The minimum atomic E-state index is -2.79. The third-order valence-corrected chi connectivity index (χ3v) is 14.6. The van der Waals surface area contributed by atoms with E-state index in [9.17, 15) is 0 Å². The molecule has 1 nitrogen and oxygen atoms in total. The second-order valence-electron chi connectivity index (χ2n) is 12.1. The third kappa shape index (κ3) is 3.86. The summed E-state index contributed by atoms with van der Waals surface area (Å²) in [7, 11) is -2.79. The molecule has 0 saturated carbocycles. The fraction of sp³-hybridized carbons (Fsp3) is 0.0233. The number of hydrogen-bond donors (Lipinski definition) is 0. The van der Waals surface area contributed by atoms with Gasteiger partial charge in [0.1, 0.15) is 0 Å². The highest BCUT2D eigenvalue weighted by molar-refractivity contribution is 7.20. The van der Waals surface area contributed by atoms with Crippen molar-refractivity contribution in [3.8, 4) is 16.8 Å². The predicted octanol–water partition coefficient (Wildman–Crippen LogP) is 7.73. The van der Waals surface area contributed by atoms with Crippen LogP contribution in [0.5, 0.6) is 0 Å². The Morgan fingerprint density at radius 1 is 0.422 bits per heavy atom. The van der Waals surface area contributed by atoms with Crippen LogP contribution < -0.4 is 20.7 Å². The zero-order chi connectivity index (χ0) is 29.8. The quantitative estimate of drug-likeness (QED) is 0.143. The van der Waals surface area contributed by atoms with Gasteiger partial charge >= 0.3 is 0 Å². The van der Waals surface area contributed by atoms with Crippen molar-refractivity contribution < 1.29 is 0 Å². The number of hydrogen-bond acceptors (Lipinski definition) is 0. The van der Waals surface area contributed by atoms with Crippen molar-refractivity contribution >= 4 is 50.6 Å². The maximum atomic E-state index is 2.49. The molecule has 0 fully saturated rings. The van der Waals surface area contributed by atoms with Gasteiger partial charge in [0.25, 0.3) is 0 Å². The summed E-state index contributed by atoms with van der Waals surface area (Å²) in [4.78, 5) is 0. The molecule has 9 rings (SSSR count). The summed E-state index contributed by atoms with van der Waals surface area (Å²) in [5.41, 5.74) is 9.31. The van der Waals surface area contributed by atoms with Crippen molar-refractivity contribution in [2.45, 2.75) is 6.42 Å². The molecule has 0 saturated heterocycles. The van der Waals surface area contributed by atoms with Crippen LogP contribution in [0.15, 0.2) is 176 Å². The van der Waals surface area contributed by atoms with Gasteiger partial charge < -0.3 is 4.57 Å². The van der Waals surface area contributed by atoms with Gasteiger partial charge in [-0.25, -0.2) is 0 Å². The van der Waals surface area contributed by atoms with Crippen molar-refractivity contribution in [3.63, 3.8) is 0 Å². The van der Waals surface area contributed by atoms with Gasteiger partial charge in [-0.2, -0.15) is 0 Å². The minimum Gasteiger partial charge on any atom is -0.309 e. The molecule has 1 aliphatic rings. The van der Waals surface area contributed by atoms with Crippen molar-refractivity contribution in [2.75, 3.05) is 0 Å². The Hall–Kier alpha value is -5.44. The molecule has 1 heterocycles. The van der Waals surface area contributed by atoms with Gasteiger partial charge in [-0.1, -0.05) is 152 Å². The second-order valence-corrected chi connectivity index (χ2v) is 15.8. The summed E-state index contributed by atoms with van der Waals surface area (Å²) in [5, 5.41) is 8.25. The van der Waals surface area contributed by atoms with Crippen LogP contribution in [0.25, 0.3) is 38.6 Å². The molecule has 212 valence electrons. The van der Waals surface area contributed by atoms with Crippen LogP contribution in [-0.2, 0) is 6.42 Å². The molecule has 45 heavy (non-hydrogen) atoms. The van der Waals surface area contributed by atoms with Crippen LogP contribution in [0, 0.1) is 0 Å². The first-order valence-electron chi connectivity index (χ1n) is 15.7. The molecule has 8 aromatic rings. The van der Waals surface area contributed by atoms with Crippen LogP contribution in [0.3, 0.4) is 0 Å². The number of rotatable bonds is 5. The molecule has 0 spiro atoms. The maximum absolute atomic E-state index is 2.79. The lowest BCUT2D eigenvalue weighted by Crippen LogP contribution is -2.75. The molecule has 7 aromatic carbocycles.